The second-order valence-corrected chi connectivity index (χ2v) is 7.06. The lowest BCUT2D eigenvalue weighted by Gasteiger charge is -2.19. The average Bonchev–Trinajstić information content (AvgIpc) is 3.15. The normalized spacial score (nSPS) is 11.8. The zero-order chi connectivity index (χ0) is 18.7. The van der Waals surface area contributed by atoms with Crippen molar-refractivity contribution in [2.24, 2.45) is 0 Å². The molecule has 1 atom stereocenters. The van der Waals surface area contributed by atoms with E-state index in [2.05, 4.69) is 5.32 Å². The van der Waals surface area contributed by atoms with Crippen LogP contribution in [0.25, 0.3) is 0 Å². The van der Waals surface area contributed by atoms with Crippen LogP contribution in [0.1, 0.15) is 27.5 Å². The predicted molar refractivity (Wildman–Crippen MR) is 103 cm³/mol. The Morgan fingerprint density at radius 3 is 2.42 bits per heavy atom. The highest BCUT2D eigenvalue weighted by Crippen LogP contribution is 2.27. The lowest BCUT2D eigenvalue weighted by molar-refractivity contribution is -0.384. The number of rotatable bonds is 5. The molecule has 0 aliphatic carbocycles. The molecule has 1 heterocycles. The van der Waals surface area contributed by atoms with Crippen molar-refractivity contribution in [2.75, 3.05) is 0 Å². The molecule has 2 aromatic carbocycles. The Kier molecular flexibility index (Phi) is 5.56. The number of nitro benzene ring substituents is 1. The highest BCUT2D eigenvalue weighted by molar-refractivity contribution is 7.08. The van der Waals surface area contributed by atoms with Gasteiger partial charge in [-0.25, -0.2) is 0 Å². The number of thiophene rings is 1. The molecule has 1 aromatic heterocycles. The van der Waals surface area contributed by atoms with Gasteiger partial charge >= 0.3 is 0 Å². The van der Waals surface area contributed by atoms with E-state index in [4.69, 9.17) is 23.2 Å². The van der Waals surface area contributed by atoms with Crippen LogP contribution in [0.3, 0.4) is 0 Å². The molecular formula is C18H12Cl2N2O3S. The quantitative estimate of drug-likeness (QED) is 0.450. The largest absolute Gasteiger partial charge is 0.341 e. The number of benzene rings is 2. The van der Waals surface area contributed by atoms with E-state index in [-0.39, 0.29) is 16.3 Å². The van der Waals surface area contributed by atoms with Crippen LogP contribution in [0.2, 0.25) is 10.0 Å². The Bertz CT molecular complexity index is 944. The summed E-state index contributed by atoms with van der Waals surface area (Å²) >= 11 is 13.5. The molecule has 0 saturated heterocycles. The Labute approximate surface area is 163 Å². The van der Waals surface area contributed by atoms with Gasteiger partial charge < -0.3 is 5.32 Å². The first-order chi connectivity index (χ1) is 12.5. The highest BCUT2D eigenvalue weighted by Gasteiger charge is 2.21. The Morgan fingerprint density at radius 1 is 1.08 bits per heavy atom. The van der Waals surface area contributed by atoms with Gasteiger partial charge in [-0.2, -0.15) is 11.3 Å². The van der Waals surface area contributed by atoms with Gasteiger partial charge in [-0.3, -0.25) is 14.9 Å². The number of hydrogen-bond donors (Lipinski definition) is 1. The molecule has 0 bridgehead atoms. The number of non-ortho nitro benzene ring substituents is 1. The number of nitrogens with zero attached hydrogens (tertiary/aromatic N) is 1. The van der Waals surface area contributed by atoms with E-state index in [9.17, 15) is 14.9 Å². The van der Waals surface area contributed by atoms with Crippen LogP contribution in [0, 0.1) is 10.1 Å². The van der Waals surface area contributed by atoms with Gasteiger partial charge in [0.15, 0.2) is 0 Å². The number of nitrogens with one attached hydrogen (secondary N) is 1. The van der Waals surface area contributed by atoms with Crippen molar-refractivity contribution in [3.63, 3.8) is 0 Å². The van der Waals surface area contributed by atoms with Crippen LogP contribution >= 0.6 is 34.5 Å². The lowest BCUT2D eigenvalue weighted by atomic mass is 10.0. The summed E-state index contributed by atoms with van der Waals surface area (Å²) in [5.74, 6) is -0.496. The summed E-state index contributed by atoms with van der Waals surface area (Å²) < 4.78 is 0. The van der Waals surface area contributed by atoms with Crippen molar-refractivity contribution in [2.45, 2.75) is 6.04 Å². The van der Waals surface area contributed by atoms with E-state index in [0.717, 1.165) is 11.1 Å². The molecule has 26 heavy (non-hydrogen) atoms. The van der Waals surface area contributed by atoms with Crippen molar-refractivity contribution >= 4 is 46.1 Å². The van der Waals surface area contributed by atoms with Crippen molar-refractivity contribution in [1.82, 2.24) is 5.32 Å². The van der Waals surface area contributed by atoms with Crippen LogP contribution in [-0.4, -0.2) is 10.8 Å². The molecule has 3 aromatic rings. The zero-order valence-electron chi connectivity index (χ0n) is 13.2. The van der Waals surface area contributed by atoms with E-state index < -0.39 is 16.9 Å². The molecule has 1 amide bonds. The molecule has 1 N–H and O–H groups in total. The first-order valence-corrected chi connectivity index (χ1v) is 9.18. The number of amides is 1. The maximum absolute atomic E-state index is 12.7. The summed E-state index contributed by atoms with van der Waals surface area (Å²) in [7, 11) is 0. The second kappa shape index (κ2) is 7.86. The molecule has 132 valence electrons. The van der Waals surface area contributed by atoms with Gasteiger partial charge in [0.25, 0.3) is 11.6 Å². The average molecular weight is 407 g/mol. The SMILES string of the molecule is O=C(NC(c1ccc(Cl)cc1)c1ccsc1)c1cc([N+](=O)[O-])ccc1Cl. The molecule has 8 heteroatoms. The van der Waals surface area contributed by atoms with Crippen molar-refractivity contribution in [3.05, 3.63) is 96.1 Å². The van der Waals surface area contributed by atoms with E-state index in [1.807, 2.05) is 29.0 Å². The van der Waals surface area contributed by atoms with E-state index in [1.54, 1.807) is 12.1 Å². The van der Waals surface area contributed by atoms with Crippen LogP contribution < -0.4 is 5.32 Å². The molecule has 0 radical (unpaired) electrons. The molecule has 0 fully saturated rings. The van der Waals surface area contributed by atoms with Crippen molar-refractivity contribution < 1.29 is 9.72 Å². The van der Waals surface area contributed by atoms with Gasteiger partial charge in [0.2, 0.25) is 0 Å². The maximum Gasteiger partial charge on any atom is 0.270 e. The second-order valence-electron chi connectivity index (χ2n) is 5.44. The molecule has 0 aliphatic rings. The molecule has 0 spiro atoms. The molecular weight excluding hydrogens is 395 g/mol. The van der Waals surface area contributed by atoms with Crippen LogP contribution in [0.5, 0.6) is 0 Å². The fourth-order valence-corrected chi connectivity index (χ4v) is 3.48. The number of carbonyl (C=O) groups excluding carboxylic acids is 1. The number of hydrogen-bond acceptors (Lipinski definition) is 4. The minimum Gasteiger partial charge on any atom is -0.341 e. The van der Waals surface area contributed by atoms with Gasteiger partial charge in [-0.15, -0.1) is 0 Å². The molecule has 0 aliphatic heterocycles. The van der Waals surface area contributed by atoms with Gasteiger partial charge in [0, 0.05) is 17.2 Å². The maximum atomic E-state index is 12.7. The van der Waals surface area contributed by atoms with E-state index in [0.29, 0.717) is 5.02 Å². The first-order valence-electron chi connectivity index (χ1n) is 7.48. The van der Waals surface area contributed by atoms with Crippen molar-refractivity contribution in [3.8, 4) is 0 Å². The smallest absolute Gasteiger partial charge is 0.270 e. The first kappa shape index (κ1) is 18.4. The monoisotopic (exact) mass is 406 g/mol. The topological polar surface area (TPSA) is 72.2 Å². The Hall–Kier alpha value is -2.41. The van der Waals surface area contributed by atoms with E-state index in [1.165, 1.54) is 29.5 Å². The molecule has 5 nitrogen and oxygen atoms in total. The summed E-state index contributed by atoms with van der Waals surface area (Å²) in [5, 5.41) is 18.4. The Morgan fingerprint density at radius 2 is 1.81 bits per heavy atom. The van der Waals surface area contributed by atoms with E-state index >= 15 is 0 Å². The fraction of sp³-hybridized carbons (Fsp3) is 0.0556. The Balaban J connectivity index is 1.95. The zero-order valence-corrected chi connectivity index (χ0v) is 15.5. The molecule has 1 unspecified atom stereocenters. The third kappa shape index (κ3) is 4.04. The molecule has 0 saturated carbocycles. The summed E-state index contributed by atoms with van der Waals surface area (Å²) in [6, 6.07) is 12.4. The predicted octanol–water partition coefficient (Wildman–Crippen LogP) is 5.48. The number of halogens is 2. The van der Waals surface area contributed by atoms with Gasteiger partial charge in [0.05, 0.1) is 21.6 Å². The number of nitro groups is 1. The van der Waals surface area contributed by atoms with Crippen LogP contribution in [-0.2, 0) is 0 Å². The van der Waals surface area contributed by atoms with Gasteiger partial charge in [-0.05, 0) is 46.2 Å². The third-order valence-corrected chi connectivity index (χ3v) is 5.04. The minimum absolute atomic E-state index is 0.0510. The molecule has 3 rings (SSSR count). The summed E-state index contributed by atoms with van der Waals surface area (Å²) in [5.41, 5.74) is 1.59. The third-order valence-electron chi connectivity index (χ3n) is 3.76. The minimum atomic E-state index is -0.567. The standard InChI is InChI=1S/C18H12Cl2N2O3S/c19-13-3-1-11(2-4-13)17(12-7-8-26-10-12)21-18(23)15-9-14(22(24)25)5-6-16(15)20/h1-10,17H,(H,21,23). The van der Waals surface area contributed by atoms with Crippen LogP contribution in [0.15, 0.2) is 59.3 Å². The summed E-state index contributed by atoms with van der Waals surface area (Å²) in [6.07, 6.45) is 0. The number of carbonyl (C=O) groups is 1. The van der Waals surface area contributed by atoms with Crippen LogP contribution in [0.4, 0.5) is 5.69 Å². The van der Waals surface area contributed by atoms with Crippen molar-refractivity contribution in [1.29, 1.82) is 0 Å². The summed E-state index contributed by atoms with van der Waals surface area (Å²) in [6.45, 7) is 0. The lowest BCUT2D eigenvalue weighted by Crippen LogP contribution is -2.29. The highest BCUT2D eigenvalue weighted by atomic mass is 35.5. The van der Waals surface area contributed by atoms with Gasteiger partial charge in [0.1, 0.15) is 0 Å². The fourth-order valence-electron chi connectivity index (χ4n) is 2.46. The van der Waals surface area contributed by atoms with Gasteiger partial charge in [-0.1, -0.05) is 35.3 Å². The summed E-state index contributed by atoms with van der Waals surface area (Å²) in [4.78, 5) is 23.1.